The summed E-state index contributed by atoms with van der Waals surface area (Å²) >= 11 is 0. The van der Waals surface area contributed by atoms with Crippen LogP contribution in [0.3, 0.4) is 0 Å². The Hall–Kier alpha value is -2.65. The summed E-state index contributed by atoms with van der Waals surface area (Å²) in [6.45, 7) is 2.05. The number of benzene rings is 2. The minimum atomic E-state index is -4.45. The van der Waals surface area contributed by atoms with Gasteiger partial charge in [0.15, 0.2) is 0 Å². The molecule has 172 valence electrons. The zero-order valence-electron chi connectivity index (χ0n) is 17.3. The first-order valence-corrected chi connectivity index (χ1v) is 10.5. The third-order valence-corrected chi connectivity index (χ3v) is 6.19. The van der Waals surface area contributed by atoms with E-state index in [2.05, 4.69) is 4.90 Å². The minimum Gasteiger partial charge on any atom is -0.444 e. The molecule has 1 N–H and O–H groups in total. The van der Waals surface area contributed by atoms with Gasteiger partial charge in [0.25, 0.3) is 0 Å². The Morgan fingerprint density at radius 2 is 1.78 bits per heavy atom. The number of amides is 1. The molecule has 2 aromatic carbocycles. The predicted molar refractivity (Wildman–Crippen MR) is 110 cm³/mol. The van der Waals surface area contributed by atoms with E-state index in [0.717, 1.165) is 12.1 Å². The number of alkyl halides is 3. The second kappa shape index (κ2) is 8.71. The lowest BCUT2D eigenvalue weighted by atomic mass is 9.83. The maximum Gasteiger partial charge on any atom is 0.416 e. The Kier molecular flexibility index (Phi) is 6.13. The smallest absolute Gasteiger partial charge is 0.416 e. The summed E-state index contributed by atoms with van der Waals surface area (Å²) in [5, 5.41) is 10.9. The second-order valence-electron chi connectivity index (χ2n) is 8.33. The van der Waals surface area contributed by atoms with Crippen molar-refractivity contribution in [1.82, 2.24) is 4.90 Å². The standard InChI is InChI=1S/C23H24F4N2O3/c24-18-4-6-19(7-5-18)29-15-20(32-21(29)30)8-11-28-12-9-22(31,10-13-28)16-2-1-3-17(14-16)23(25,26)27/h1-7,14,20,31H,8-13,15H2. The van der Waals surface area contributed by atoms with E-state index in [1.54, 1.807) is 0 Å². The van der Waals surface area contributed by atoms with Crippen molar-refractivity contribution < 1.29 is 32.2 Å². The van der Waals surface area contributed by atoms with Gasteiger partial charge in [0.05, 0.1) is 17.7 Å². The van der Waals surface area contributed by atoms with Crippen molar-refractivity contribution in [3.63, 3.8) is 0 Å². The second-order valence-corrected chi connectivity index (χ2v) is 8.33. The van der Waals surface area contributed by atoms with E-state index in [0.29, 0.717) is 51.1 Å². The lowest BCUT2D eigenvalue weighted by Gasteiger charge is -2.39. The molecule has 4 rings (SSSR count). The molecule has 2 fully saturated rings. The monoisotopic (exact) mass is 452 g/mol. The number of carbonyl (C=O) groups is 1. The van der Waals surface area contributed by atoms with Gasteiger partial charge >= 0.3 is 12.3 Å². The molecule has 2 aromatic rings. The highest BCUT2D eigenvalue weighted by Crippen LogP contribution is 2.37. The summed E-state index contributed by atoms with van der Waals surface area (Å²) in [6.07, 6.45) is -4.00. The summed E-state index contributed by atoms with van der Waals surface area (Å²) < 4.78 is 57.5. The average Bonchev–Trinajstić information content (AvgIpc) is 3.14. The molecule has 0 spiro atoms. The number of cyclic esters (lactones) is 1. The summed E-state index contributed by atoms with van der Waals surface area (Å²) in [4.78, 5) is 15.7. The van der Waals surface area contributed by atoms with E-state index in [1.807, 2.05) is 0 Å². The summed E-state index contributed by atoms with van der Waals surface area (Å²) in [5.41, 5.74) is -1.20. The summed E-state index contributed by atoms with van der Waals surface area (Å²) in [6, 6.07) is 10.5. The quantitative estimate of drug-likeness (QED) is 0.677. The van der Waals surface area contributed by atoms with Crippen molar-refractivity contribution in [3.05, 3.63) is 65.5 Å². The Morgan fingerprint density at radius 3 is 2.44 bits per heavy atom. The Bertz CT molecular complexity index is 956. The lowest BCUT2D eigenvalue weighted by Crippen LogP contribution is -2.43. The van der Waals surface area contributed by atoms with Crippen LogP contribution in [-0.2, 0) is 16.5 Å². The van der Waals surface area contributed by atoms with Gasteiger partial charge in [0.2, 0.25) is 0 Å². The number of nitrogens with zero attached hydrogens (tertiary/aromatic N) is 2. The van der Waals surface area contributed by atoms with E-state index in [9.17, 15) is 27.5 Å². The van der Waals surface area contributed by atoms with Crippen LogP contribution >= 0.6 is 0 Å². The van der Waals surface area contributed by atoms with Crippen LogP contribution in [0, 0.1) is 5.82 Å². The normalized spacial score (nSPS) is 21.6. The van der Waals surface area contributed by atoms with Gasteiger partial charge in [0, 0.05) is 25.3 Å². The van der Waals surface area contributed by atoms with E-state index in [4.69, 9.17) is 4.74 Å². The van der Waals surface area contributed by atoms with Crippen molar-refractivity contribution in [2.45, 2.75) is 37.1 Å². The molecule has 1 amide bonds. The van der Waals surface area contributed by atoms with Crippen molar-refractivity contribution in [1.29, 1.82) is 0 Å². The molecule has 0 saturated carbocycles. The number of aliphatic hydroxyl groups is 1. The van der Waals surface area contributed by atoms with Gasteiger partial charge in [-0.1, -0.05) is 12.1 Å². The summed E-state index contributed by atoms with van der Waals surface area (Å²) in [5.74, 6) is -0.381. The van der Waals surface area contributed by atoms with Crippen LogP contribution in [0.25, 0.3) is 0 Å². The highest BCUT2D eigenvalue weighted by Gasteiger charge is 2.38. The highest BCUT2D eigenvalue weighted by atomic mass is 19.4. The predicted octanol–water partition coefficient (Wildman–Crippen LogP) is 4.54. The van der Waals surface area contributed by atoms with E-state index in [1.165, 1.54) is 41.3 Å². The van der Waals surface area contributed by atoms with Gasteiger partial charge in [-0.15, -0.1) is 0 Å². The molecule has 0 bridgehead atoms. The number of likely N-dealkylation sites (tertiary alicyclic amines) is 1. The SMILES string of the molecule is O=C1OC(CCN2CCC(O)(c3cccc(C(F)(F)F)c3)CC2)CN1c1ccc(F)cc1. The topological polar surface area (TPSA) is 53.0 Å². The number of piperidine rings is 1. The average molecular weight is 452 g/mol. The van der Waals surface area contributed by atoms with Crippen molar-refractivity contribution >= 4 is 11.8 Å². The van der Waals surface area contributed by atoms with Gasteiger partial charge < -0.3 is 14.7 Å². The third kappa shape index (κ3) is 4.88. The number of ether oxygens (including phenoxy) is 1. The lowest BCUT2D eigenvalue weighted by molar-refractivity contribution is -0.137. The first-order valence-electron chi connectivity index (χ1n) is 10.5. The van der Waals surface area contributed by atoms with Crippen LogP contribution in [0.5, 0.6) is 0 Å². The summed E-state index contributed by atoms with van der Waals surface area (Å²) in [7, 11) is 0. The molecule has 32 heavy (non-hydrogen) atoms. The van der Waals surface area contributed by atoms with Gasteiger partial charge in [-0.2, -0.15) is 13.2 Å². The maximum absolute atomic E-state index is 13.1. The minimum absolute atomic E-state index is 0.284. The molecule has 0 aromatic heterocycles. The van der Waals surface area contributed by atoms with Crippen molar-refractivity contribution in [3.8, 4) is 0 Å². The molecule has 2 saturated heterocycles. The number of rotatable bonds is 5. The molecule has 1 atom stereocenters. The first-order chi connectivity index (χ1) is 15.1. The molecular weight excluding hydrogens is 428 g/mol. The molecule has 9 heteroatoms. The van der Waals surface area contributed by atoms with Gasteiger partial charge in [-0.25, -0.2) is 9.18 Å². The van der Waals surface area contributed by atoms with E-state index in [-0.39, 0.29) is 17.5 Å². The molecular formula is C23H24F4N2O3. The molecule has 2 heterocycles. The Labute approximate surface area is 183 Å². The zero-order valence-corrected chi connectivity index (χ0v) is 17.3. The number of hydrogen-bond acceptors (Lipinski definition) is 4. The van der Waals surface area contributed by atoms with Crippen LogP contribution in [0.2, 0.25) is 0 Å². The molecule has 1 unspecified atom stereocenters. The third-order valence-electron chi connectivity index (χ3n) is 6.19. The zero-order chi connectivity index (χ0) is 22.9. The number of hydrogen-bond donors (Lipinski definition) is 1. The van der Waals surface area contributed by atoms with Crippen molar-refractivity contribution in [2.75, 3.05) is 31.1 Å². The fourth-order valence-electron chi connectivity index (χ4n) is 4.25. The van der Waals surface area contributed by atoms with Crippen LogP contribution < -0.4 is 4.90 Å². The van der Waals surface area contributed by atoms with E-state index >= 15 is 0 Å². The van der Waals surface area contributed by atoms with Crippen LogP contribution in [0.4, 0.5) is 28.0 Å². The Balaban J connectivity index is 1.29. The number of carbonyl (C=O) groups excluding carboxylic acids is 1. The molecule has 2 aliphatic rings. The molecule has 0 aliphatic carbocycles. The number of halogens is 4. The highest BCUT2D eigenvalue weighted by molar-refractivity contribution is 5.89. The van der Waals surface area contributed by atoms with Crippen LogP contribution in [-0.4, -0.2) is 48.4 Å². The molecule has 5 nitrogen and oxygen atoms in total. The molecule has 0 radical (unpaired) electrons. The van der Waals surface area contributed by atoms with Gasteiger partial charge in [-0.3, -0.25) is 4.90 Å². The Morgan fingerprint density at radius 1 is 1.09 bits per heavy atom. The van der Waals surface area contributed by atoms with Crippen LogP contribution in [0.1, 0.15) is 30.4 Å². The largest absolute Gasteiger partial charge is 0.444 e. The van der Waals surface area contributed by atoms with Gasteiger partial charge in [-0.05, 0) is 61.2 Å². The van der Waals surface area contributed by atoms with E-state index < -0.39 is 23.4 Å². The number of anilines is 1. The van der Waals surface area contributed by atoms with Crippen molar-refractivity contribution in [2.24, 2.45) is 0 Å². The van der Waals surface area contributed by atoms with Gasteiger partial charge in [0.1, 0.15) is 11.9 Å². The fourth-order valence-corrected chi connectivity index (χ4v) is 4.25. The molecule has 2 aliphatic heterocycles. The maximum atomic E-state index is 13.1. The first kappa shape index (κ1) is 22.5. The van der Waals surface area contributed by atoms with Crippen LogP contribution in [0.15, 0.2) is 48.5 Å². The fraction of sp³-hybridized carbons (Fsp3) is 0.435.